The summed E-state index contributed by atoms with van der Waals surface area (Å²) in [6, 6.07) is 12.0. The van der Waals surface area contributed by atoms with Gasteiger partial charge in [-0.15, -0.1) is 0 Å². The minimum absolute atomic E-state index is 0.264. The smallest absolute Gasteiger partial charge is 0.151 e. The molecule has 0 aliphatic heterocycles. The van der Waals surface area contributed by atoms with Crippen LogP contribution in [0.25, 0.3) is 0 Å². The molecule has 4 heteroatoms. The van der Waals surface area contributed by atoms with E-state index in [2.05, 4.69) is 15.9 Å². The molecule has 0 aliphatic rings. The van der Waals surface area contributed by atoms with Gasteiger partial charge in [-0.25, -0.2) is 4.39 Å². The number of anilines is 2. The average Bonchev–Trinajstić information content (AvgIpc) is 2.42. The molecule has 2 rings (SSSR count). The highest BCUT2D eigenvalue weighted by Gasteiger charge is 2.12. The van der Waals surface area contributed by atoms with E-state index in [1.807, 2.05) is 24.0 Å². The zero-order chi connectivity index (χ0) is 13.8. The van der Waals surface area contributed by atoms with E-state index in [0.717, 1.165) is 12.0 Å². The number of carbonyl (C=O) groups excluding carboxylic acids is 1. The normalized spacial score (nSPS) is 10.3. The third kappa shape index (κ3) is 2.84. The van der Waals surface area contributed by atoms with Gasteiger partial charge in [-0.3, -0.25) is 4.79 Å². The van der Waals surface area contributed by atoms with Crippen LogP contribution in [0.4, 0.5) is 15.8 Å². The van der Waals surface area contributed by atoms with Gasteiger partial charge in [-0.05, 0) is 53.2 Å². The molecule has 2 aromatic carbocycles. The minimum Gasteiger partial charge on any atom is -0.339 e. The van der Waals surface area contributed by atoms with Crippen molar-refractivity contribution in [3.05, 3.63) is 58.3 Å². The number of rotatable bonds is 4. The molecule has 0 aliphatic carbocycles. The highest BCUT2D eigenvalue weighted by molar-refractivity contribution is 9.10. The molecule has 0 aromatic heterocycles. The summed E-state index contributed by atoms with van der Waals surface area (Å²) in [7, 11) is 0. The molecule has 0 N–H and O–H groups in total. The van der Waals surface area contributed by atoms with Gasteiger partial charge in [0.25, 0.3) is 0 Å². The second kappa shape index (κ2) is 5.97. The quantitative estimate of drug-likeness (QED) is 0.769. The van der Waals surface area contributed by atoms with Crippen molar-refractivity contribution in [3.8, 4) is 0 Å². The first-order valence-electron chi connectivity index (χ1n) is 5.94. The average molecular weight is 322 g/mol. The zero-order valence-electron chi connectivity index (χ0n) is 10.4. The second-order valence-electron chi connectivity index (χ2n) is 4.02. The Bertz CT molecular complexity index is 600. The standard InChI is InChI=1S/C15H13BrFNO/c1-2-18(15-6-4-3-5-14(15)17)12-8-7-11(10-19)13(16)9-12/h3-10H,2H2,1H3. The summed E-state index contributed by atoms with van der Waals surface area (Å²) < 4.78 is 14.6. The number of nitrogens with zero attached hydrogens (tertiary/aromatic N) is 1. The van der Waals surface area contributed by atoms with Gasteiger partial charge < -0.3 is 4.90 Å². The lowest BCUT2D eigenvalue weighted by Crippen LogP contribution is -2.17. The largest absolute Gasteiger partial charge is 0.339 e. The fraction of sp³-hybridized carbons (Fsp3) is 0.133. The van der Waals surface area contributed by atoms with E-state index >= 15 is 0 Å². The first-order chi connectivity index (χ1) is 9.17. The van der Waals surface area contributed by atoms with E-state index in [0.29, 0.717) is 22.3 Å². The van der Waals surface area contributed by atoms with Gasteiger partial charge >= 0.3 is 0 Å². The van der Waals surface area contributed by atoms with Crippen LogP contribution in [0.15, 0.2) is 46.9 Å². The predicted octanol–water partition coefficient (Wildman–Crippen LogP) is 4.56. The first kappa shape index (κ1) is 13.7. The molecule has 0 fully saturated rings. The van der Waals surface area contributed by atoms with E-state index < -0.39 is 0 Å². The number of hydrogen-bond acceptors (Lipinski definition) is 2. The zero-order valence-corrected chi connectivity index (χ0v) is 12.0. The van der Waals surface area contributed by atoms with Crippen LogP contribution in [0, 0.1) is 5.82 Å². The summed E-state index contributed by atoms with van der Waals surface area (Å²) in [6.45, 7) is 2.59. The monoisotopic (exact) mass is 321 g/mol. The van der Waals surface area contributed by atoms with Gasteiger partial charge in [0.05, 0.1) is 5.69 Å². The Balaban J connectivity index is 2.46. The molecule has 0 atom stereocenters. The third-order valence-electron chi connectivity index (χ3n) is 2.88. The van der Waals surface area contributed by atoms with Crippen molar-refractivity contribution in [2.75, 3.05) is 11.4 Å². The summed E-state index contributed by atoms with van der Waals surface area (Å²) in [5.41, 5.74) is 1.94. The van der Waals surface area contributed by atoms with Gasteiger partial charge in [-0.1, -0.05) is 12.1 Å². The van der Waals surface area contributed by atoms with Gasteiger partial charge in [0.2, 0.25) is 0 Å². The van der Waals surface area contributed by atoms with Gasteiger partial charge in [0, 0.05) is 22.3 Å². The van der Waals surface area contributed by atoms with E-state index in [-0.39, 0.29) is 5.82 Å². The first-order valence-corrected chi connectivity index (χ1v) is 6.73. The highest BCUT2D eigenvalue weighted by atomic mass is 79.9. The Labute approximate surface area is 120 Å². The van der Waals surface area contributed by atoms with Crippen LogP contribution in [-0.4, -0.2) is 12.8 Å². The predicted molar refractivity (Wildman–Crippen MR) is 78.6 cm³/mol. The SMILES string of the molecule is CCN(c1ccc(C=O)c(Br)c1)c1ccccc1F. The van der Waals surface area contributed by atoms with E-state index in [4.69, 9.17) is 0 Å². The summed E-state index contributed by atoms with van der Waals surface area (Å²) in [5, 5.41) is 0. The maximum Gasteiger partial charge on any atom is 0.151 e. The fourth-order valence-corrected chi connectivity index (χ4v) is 2.40. The summed E-state index contributed by atoms with van der Waals surface area (Å²) in [5.74, 6) is -0.264. The van der Waals surface area contributed by atoms with Crippen LogP contribution in [0.2, 0.25) is 0 Å². The Morgan fingerprint density at radius 2 is 2.00 bits per heavy atom. The molecule has 0 unspecified atom stereocenters. The number of aldehydes is 1. The Hall–Kier alpha value is -1.68. The van der Waals surface area contributed by atoms with Crippen LogP contribution < -0.4 is 4.90 Å². The summed E-state index contributed by atoms with van der Waals surface area (Å²) >= 11 is 3.34. The molecule has 0 amide bonds. The van der Waals surface area contributed by atoms with Crippen molar-refractivity contribution in [3.63, 3.8) is 0 Å². The Morgan fingerprint density at radius 3 is 2.58 bits per heavy atom. The molecule has 0 saturated carbocycles. The summed E-state index contributed by atoms with van der Waals surface area (Å²) in [4.78, 5) is 12.7. The van der Waals surface area contributed by atoms with Crippen molar-refractivity contribution >= 4 is 33.6 Å². The topological polar surface area (TPSA) is 20.3 Å². The minimum atomic E-state index is -0.264. The van der Waals surface area contributed by atoms with Crippen LogP contribution in [-0.2, 0) is 0 Å². The highest BCUT2D eigenvalue weighted by Crippen LogP contribution is 2.30. The molecule has 0 spiro atoms. The van der Waals surface area contributed by atoms with Gasteiger partial charge in [0.1, 0.15) is 5.82 Å². The van der Waals surface area contributed by atoms with E-state index in [9.17, 15) is 9.18 Å². The Morgan fingerprint density at radius 1 is 1.26 bits per heavy atom. The number of halogens is 2. The number of para-hydroxylation sites is 1. The fourth-order valence-electron chi connectivity index (χ4n) is 1.94. The molecular formula is C15H13BrFNO. The molecule has 0 heterocycles. The summed E-state index contributed by atoms with van der Waals surface area (Å²) in [6.07, 6.45) is 0.785. The lowest BCUT2D eigenvalue weighted by atomic mass is 10.2. The van der Waals surface area contributed by atoms with Crippen molar-refractivity contribution in [1.82, 2.24) is 0 Å². The maximum atomic E-state index is 13.8. The maximum absolute atomic E-state index is 13.8. The van der Waals surface area contributed by atoms with Crippen molar-refractivity contribution < 1.29 is 9.18 Å². The lowest BCUT2D eigenvalue weighted by Gasteiger charge is -2.24. The number of carbonyl (C=O) groups is 1. The molecule has 0 radical (unpaired) electrons. The van der Waals surface area contributed by atoms with Crippen molar-refractivity contribution in [1.29, 1.82) is 0 Å². The third-order valence-corrected chi connectivity index (χ3v) is 3.57. The van der Waals surface area contributed by atoms with Crippen molar-refractivity contribution in [2.24, 2.45) is 0 Å². The number of benzene rings is 2. The lowest BCUT2D eigenvalue weighted by molar-refractivity contribution is 0.112. The molecule has 19 heavy (non-hydrogen) atoms. The van der Waals surface area contributed by atoms with Crippen molar-refractivity contribution in [2.45, 2.75) is 6.92 Å². The van der Waals surface area contributed by atoms with Crippen LogP contribution >= 0.6 is 15.9 Å². The molecule has 2 nitrogen and oxygen atoms in total. The molecular weight excluding hydrogens is 309 g/mol. The number of hydrogen-bond donors (Lipinski definition) is 0. The van der Waals surface area contributed by atoms with E-state index in [1.54, 1.807) is 24.3 Å². The van der Waals surface area contributed by atoms with Gasteiger partial charge in [0.15, 0.2) is 6.29 Å². The van der Waals surface area contributed by atoms with E-state index in [1.165, 1.54) is 6.07 Å². The van der Waals surface area contributed by atoms with Gasteiger partial charge in [-0.2, -0.15) is 0 Å². The molecule has 98 valence electrons. The molecule has 0 bridgehead atoms. The second-order valence-corrected chi connectivity index (χ2v) is 4.87. The van der Waals surface area contributed by atoms with Crippen LogP contribution in [0.3, 0.4) is 0 Å². The molecule has 0 saturated heterocycles. The molecule has 2 aromatic rings. The van der Waals surface area contributed by atoms with Crippen LogP contribution in [0.1, 0.15) is 17.3 Å². The Kier molecular flexibility index (Phi) is 4.32. The van der Waals surface area contributed by atoms with Crippen LogP contribution in [0.5, 0.6) is 0 Å².